The van der Waals surface area contributed by atoms with Gasteiger partial charge in [0.25, 0.3) is 0 Å². The zero-order chi connectivity index (χ0) is 13.8. The highest BCUT2D eigenvalue weighted by Crippen LogP contribution is 2.17. The molecule has 106 valence electrons. The summed E-state index contributed by atoms with van der Waals surface area (Å²) in [6, 6.07) is 9.61. The largest absolute Gasteiger partial charge is 0.491 e. The molecule has 2 rings (SSSR count). The highest BCUT2D eigenvalue weighted by molar-refractivity contribution is 5.28. The fraction of sp³-hybridized carbons (Fsp3) is 0.625. The van der Waals surface area contributed by atoms with Crippen molar-refractivity contribution in [2.45, 2.75) is 52.4 Å². The minimum atomic E-state index is 0.231. The summed E-state index contributed by atoms with van der Waals surface area (Å²) < 4.78 is 5.76. The first kappa shape index (κ1) is 14.4. The monoisotopic (exact) mass is 262 g/mol. The molecule has 1 saturated heterocycles. The third kappa shape index (κ3) is 4.51. The molecule has 1 aliphatic rings. The highest BCUT2D eigenvalue weighted by Gasteiger charge is 2.20. The van der Waals surface area contributed by atoms with Crippen LogP contribution in [0.2, 0.25) is 0 Å². The number of rotatable bonds is 4. The highest BCUT2D eigenvalue weighted by atomic mass is 16.5. The molecule has 0 saturated carbocycles. The SMILES string of the molecule is CC1CN(Cc2cccc(OC(C)C)c2)CC(C)N1. The van der Waals surface area contributed by atoms with Crippen molar-refractivity contribution in [1.82, 2.24) is 10.2 Å². The van der Waals surface area contributed by atoms with Gasteiger partial charge in [-0.2, -0.15) is 0 Å². The van der Waals surface area contributed by atoms with Crippen LogP contribution in [-0.2, 0) is 6.54 Å². The lowest BCUT2D eigenvalue weighted by Crippen LogP contribution is -2.53. The van der Waals surface area contributed by atoms with E-state index in [2.05, 4.69) is 56.1 Å². The van der Waals surface area contributed by atoms with Gasteiger partial charge in [-0.3, -0.25) is 4.90 Å². The fourth-order valence-corrected chi connectivity index (χ4v) is 2.82. The third-order valence-electron chi connectivity index (χ3n) is 3.31. The molecule has 1 aliphatic heterocycles. The molecule has 1 N–H and O–H groups in total. The van der Waals surface area contributed by atoms with Crippen molar-refractivity contribution in [3.63, 3.8) is 0 Å². The second kappa shape index (κ2) is 6.40. The predicted molar refractivity (Wildman–Crippen MR) is 79.5 cm³/mol. The van der Waals surface area contributed by atoms with Gasteiger partial charge in [-0.25, -0.2) is 0 Å². The number of hydrogen-bond acceptors (Lipinski definition) is 3. The van der Waals surface area contributed by atoms with Gasteiger partial charge in [0.15, 0.2) is 0 Å². The first-order valence-electron chi connectivity index (χ1n) is 7.27. The van der Waals surface area contributed by atoms with E-state index in [1.807, 2.05) is 6.07 Å². The summed E-state index contributed by atoms with van der Waals surface area (Å²) in [5.41, 5.74) is 1.33. The van der Waals surface area contributed by atoms with Crippen molar-refractivity contribution in [1.29, 1.82) is 0 Å². The van der Waals surface area contributed by atoms with Gasteiger partial charge in [-0.1, -0.05) is 12.1 Å². The second-order valence-electron chi connectivity index (χ2n) is 5.98. The maximum Gasteiger partial charge on any atom is 0.120 e. The van der Waals surface area contributed by atoms with E-state index in [-0.39, 0.29) is 6.10 Å². The predicted octanol–water partition coefficient (Wildman–Crippen LogP) is 2.66. The lowest BCUT2D eigenvalue weighted by Gasteiger charge is -2.36. The molecule has 0 bridgehead atoms. The summed E-state index contributed by atoms with van der Waals surface area (Å²) in [5.74, 6) is 0.976. The summed E-state index contributed by atoms with van der Waals surface area (Å²) in [5, 5.41) is 3.57. The van der Waals surface area contributed by atoms with E-state index in [0.717, 1.165) is 25.4 Å². The topological polar surface area (TPSA) is 24.5 Å². The van der Waals surface area contributed by atoms with Gasteiger partial charge < -0.3 is 10.1 Å². The van der Waals surface area contributed by atoms with E-state index >= 15 is 0 Å². The van der Waals surface area contributed by atoms with Gasteiger partial charge in [0, 0.05) is 31.7 Å². The molecular weight excluding hydrogens is 236 g/mol. The minimum Gasteiger partial charge on any atom is -0.491 e. The summed E-state index contributed by atoms with van der Waals surface area (Å²) >= 11 is 0. The van der Waals surface area contributed by atoms with Crippen LogP contribution in [0.3, 0.4) is 0 Å². The molecule has 0 spiro atoms. The van der Waals surface area contributed by atoms with Crippen molar-refractivity contribution < 1.29 is 4.74 Å². The molecule has 2 unspecified atom stereocenters. The Balaban J connectivity index is 1.98. The van der Waals surface area contributed by atoms with Crippen LogP contribution in [0.1, 0.15) is 33.3 Å². The number of benzene rings is 1. The molecule has 1 fully saturated rings. The molecular formula is C16H26N2O. The normalized spacial score (nSPS) is 24.7. The van der Waals surface area contributed by atoms with Crippen LogP contribution in [-0.4, -0.2) is 36.2 Å². The third-order valence-corrected chi connectivity index (χ3v) is 3.31. The molecule has 0 amide bonds. The Labute approximate surface area is 116 Å². The van der Waals surface area contributed by atoms with Gasteiger partial charge in [-0.15, -0.1) is 0 Å². The van der Waals surface area contributed by atoms with Crippen LogP contribution in [0.4, 0.5) is 0 Å². The molecule has 19 heavy (non-hydrogen) atoms. The number of piperazine rings is 1. The molecule has 3 nitrogen and oxygen atoms in total. The molecule has 0 aromatic heterocycles. The van der Waals surface area contributed by atoms with E-state index < -0.39 is 0 Å². The Morgan fingerprint density at radius 2 is 1.95 bits per heavy atom. The number of nitrogens with zero attached hydrogens (tertiary/aromatic N) is 1. The minimum absolute atomic E-state index is 0.231. The van der Waals surface area contributed by atoms with Crippen LogP contribution in [0.25, 0.3) is 0 Å². The molecule has 0 aliphatic carbocycles. The Morgan fingerprint density at radius 1 is 1.26 bits per heavy atom. The Kier molecular flexibility index (Phi) is 4.83. The van der Waals surface area contributed by atoms with Crippen molar-refractivity contribution >= 4 is 0 Å². The maximum atomic E-state index is 5.76. The standard InChI is InChI=1S/C16H26N2O/c1-12(2)19-16-7-5-6-15(8-16)11-18-9-13(3)17-14(4)10-18/h5-8,12-14,17H,9-11H2,1-4H3. The second-order valence-corrected chi connectivity index (χ2v) is 5.98. The molecule has 1 aromatic rings. The van der Waals surface area contributed by atoms with Crippen molar-refractivity contribution in [3.8, 4) is 5.75 Å². The quantitative estimate of drug-likeness (QED) is 0.903. The zero-order valence-corrected chi connectivity index (χ0v) is 12.5. The first-order chi connectivity index (χ1) is 9.02. The molecule has 1 heterocycles. The first-order valence-corrected chi connectivity index (χ1v) is 7.27. The van der Waals surface area contributed by atoms with Crippen LogP contribution >= 0.6 is 0 Å². The average molecular weight is 262 g/mol. The van der Waals surface area contributed by atoms with Crippen molar-refractivity contribution in [2.75, 3.05) is 13.1 Å². The van der Waals surface area contributed by atoms with Crippen LogP contribution in [0, 0.1) is 0 Å². The average Bonchev–Trinajstić information content (AvgIpc) is 2.26. The lowest BCUT2D eigenvalue weighted by molar-refractivity contribution is 0.166. The van der Waals surface area contributed by atoms with E-state index in [1.165, 1.54) is 5.56 Å². The van der Waals surface area contributed by atoms with Gasteiger partial charge in [0.05, 0.1) is 6.10 Å². The number of ether oxygens (including phenoxy) is 1. The molecule has 2 atom stereocenters. The summed E-state index contributed by atoms with van der Waals surface area (Å²) in [6.07, 6.45) is 0.231. The summed E-state index contributed by atoms with van der Waals surface area (Å²) in [6.45, 7) is 11.9. The lowest BCUT2D eigenvalue weighted by atomic mass is 10.1. The van der Waals surface area contributed by atoms with Crippen molar-refractivity contribution in [2.24, 2.45) is 0 Å². The molecule has 1 aromatic carbocycles. The van der Waals surface area contributed by atoms with E-state index in [4.69, 9.17) is 4.74 Å². The fourth-order valence-electron chi connectivity index (χ4n) is 2.82. The zero-order valence-electron chi connectivity index (χ0n) is 12.5. The number of hydrogen-bond donors (Lipinski definition) is 1. The Bertz CT molecular complexity index is 395. The van der Waals surface area contributed by atoms with Crippen molar-refractivity contribution in [3.05, 3.63) is 29.8 Å². The van der Waals surface area contributed by atoms with E-state index in [9.17, 15) is 0 Å². The van der Waals surface area contributed by atoms with Crippen LogP contribution < -0.4 is 10.1 Å². The summed E-state index contributed by atoms with van der Waals surface area (Å²) in [4.78, 5) is 2.51. The smallest absolute Gasteiger partial charge is 0.120 e. The Morgan fingerprint density at radius 3 is 2.58 bits per heavy atom. The molecule has 3 heteroatoms. The van der Waals surface area contributed by atoms with Crippen LogP contribution in [0.15, 0.2) is 24.3 Å². The maximum absolute atomic E-state index is 5.76. The van der Waals surface area contributed by atoms with Gasteiger partial charge in [0.2, 0.25) is 0 Å². The van der Waals surface area contributed by atoms with Gasteiger partial charge in [0.1, 0.15) is 5.75 Å². The van der Waals surface area contributed by atoms with E-state index in [0.29, 0.717) is 12.1 Å². The number of nitrogens with one attached hydrogen (secondary N) is 1. The Hall–Kier alpha value is -1.06. The van der Waals surface area contributed by atoms with Gasteiger partial charge >= 0.3 is 0 Å². The van der Waals surface area contributed by atoms with Gasteiger partial charge in [-0.05, 0) is 45.4 Å². The van der Waals surface area contributed by atoms with E-state index in [1.54, 1.807) is 0 Å². The van der Waals surface area contributed by atoms with Crippen LogP contribution in [0.5, 0.6) is 5.75 Å². The summed E-state index contributed by atoms with van der Waals surface area (Å²) in [7, 11) is 0. The molecule has 0 radical (unpaired) electrons.